The van der Waals surface area contributed by atoms with E-state index in [2.05, 4.69) is 21.2 Å². The molecule has 0 heterocycles. The van der Waals surface area contributed by atoms with Crippen LogP contribution in [0.25, 0.3) is 0 Å². The lowest BCUT2D eigenvalue weighted by molar-refractivity contribution is -0.138. The predicted octanol–water partition coefficient (Wildman–Crippen LogP) is 3.11. The molecule has 20 heavy (non-hydrogen) atoms. The van der Waals surface area contributed by atoms with E-state index in [-0.39, 0.29) is 11.0 Å². The number of alkyl halides is 3. The molecule has 1 aliphatic rings. The minimum atomic E-state index is -4.61. The Morgan fingerprint density at radius 1 is 1.40 bits per heavy atom. The number of hydrogen-bond acceptors (Lipinski definition) is 2. The lowest BCUT2D eigenvalue weighted by Gasteiger charge is -2.36. The summed E-state index contributed by atoms with van der Waals surface area (Å²) < 4.78 is 38.9. The molecule has 0 aromatic heterocycles. The van der Waals surface area contributed by atoms with Gasteiger partial charge in [-0.3, -0.25) is 4.79 Å². The van der Waals surface area contributed by atoms with E-state index >= 15 is 0 Å². The van der Waals surface area contributed by atoms with Crippen LogP contribution in [0, 0.1) is 0 Å². The highest BCUT2D eigenvalue weighted by atomic mass is 79.9. The molecule has 1 aromatic rings. The summed E-state index contributed by atoms with van der Waals surface area (Å²) in [7, 11) is 0. The standard InChI is InChI=1S/C13H13BrF3NO2/c14-8-2-3-9(10(6-8)13(15,16)17)11(19)18-7-12(20)4-1-5-12/h2-3,6,20H,1,4-5,7H2,(H,18,19). The van der Waals surface area contributed by atoms with E-state index in [1.807, 2.05) is 0 Å². The molecule has 1 aliphatic carbocycles. The third-order valence-corrected chi connectivity index (χ3v) is 3.89. The van der Waals surface area contributed by atoms with Crippen molar-refractivity contribution in [3.8, 4) is 0 Å². The Balaban J connectivity index is 2.17. The molecule has 110 valence electrons. The maximum Gasteiger partial charge on any atom is 0.417 e. The van der Waals surface area contributed by atoms with Crippen molar-refractivity contribution in [1.29, 1.82) is 0 Å². The second-order valence-electron chi connectivity index (χ2n) is 4.95. The Labute approximate surface area is 122 Å². The first kappa shape index (κ1) is 15.3. The molecule has 0 radical (unpaired) electrons. The average molecular weight is 352 g/mol. The molecule has 0 atom stereocenters. The van der Waals surface area contributed by atoms with E-state index in [9.17, 15) is 23.1 Å². The largest absolute Gasteiger partial charge is 0.417 e. The zero-order valence-corrected chi connectivity index (χ0v) is 12.0. The summed E-state index contributed by atoms with van der Waals surface area (Å²) in [4.78, 5) is 11.9. The summed E-state index contributed by atoms with van der Waals surface area (Å²) >= 11 is 2.96. The quantitative estimate of drug-likeness (QED) is 0.878. The third kappa shape index (κ3) is 3.32. The number of nitrogens with one attached hydrogen (secondary N) is 1. The van der Waals surface area contributed by atoms with Crippen LogP contribution in [0.1, 0.15) is 35.2 Å². The van der Waals surface area contributed by atoms with Crippen molar-refractivity contribution < 1.29 is 23.1 Å². The Morgan fingerprint density at radius 3 is 2.55 bits per heavy atom. The minimum Gasteiger partial charge on any atom is -0.388 e. The third-order valence-electron chi connectivity index (χ3n) is 3.39. The topological polar surface area (TPSA) is 49.3 Å². The molecule has 0 spiro atoms. The average Bonchev–Trinajstić information content (AvgIpc) is 2.32. The Morgan fingerprint density at radius 2 is 2.05 bits per heavy atom. The van der Waals surface area contributed by atoms with E-state index in [0.717, 1.165) is 18.6 Å². The molecular weight excluding hydrogens is 339 g/mol. The maximum absolute atomic E-state index is 12.9. The number of benzene rings is 1. The Bertz CT molecular complexity index is 527. The van der Waals surface area contributed by atoms with Gasteiger partial charge in [0, 0.05) is 11.0 Å². The van der Waals surface area contributed by atoms with Gasteiger partial charge in [0.25, 0.3) is 5.91 Å². The van der Waals surface area contributed by atoms with Crippen LogP contribution in [0.5, 0.6) is 0 Å². The van der Waals surface area contributed by atoms with Crippen molar-refractivity contribution in [2.45, 2.75) is 31.0 Å². The fourth-order valence-corrected chi connectivity index (χ4v) is 2.41. The van der Waals surface area contributed by atoms with Gasteiger partial charge in [-0.05, 0) is 37.5 Å². The molecule has 3 nitrogen and oxygen atoms in total. The molecule has 2 rings (SSSR count). The minimum absolute atomic E-state index is 0.0286. The van der Waals surface area contributed by atoms with Crippen LogP contribution in [0.2, 0.25) is 0 Å². The van der Waals surface area contributed by atoms with Crippen molar-refractivity contribution in [2.75, 3.05) is 6.54 Å². The zero-order valence-electron chi connectivity index (χ0n) is 10.4. The maximum atomic E-state index is 12.9. The summed E-state index contributed by atoms with van der Waals surface area (Å²) in [6, 6.07) is 3.36. The molecule has 0 aliphatic heterocycles. The van der Waals surface area contributed by atoms with Crippen LogP contribution in [0.4, 0.5) is 13.2 Å². The van der Waals surface area contributed by atoms with Gasteiger partial charge in [-0.2, -0.15) is 13.2 Å². The van der Waals surface area contributed by atoms with Gasteiger partial charge in [0.2, 0.25) is 0 Å². The van der Waals surface area contributed by atoms with Crippen LogP contribution < -0.4 is 5.32 Å². The van der Waals surface area contributed by atoms with Crippen LogP contribution in [-0.2, 0) is 6.18 Å². The molecular formula is C13H13BrF3NO2. The molecule has 2 N–H and O–H groups in total. The van der Waals surface area contributed by atoms with Gasteiger partial charge in [-0.25, -0.2) is 0 Å². The number of carbonyl (C=O) groups is 1. The van der Waals surface area contributed by atoms with Gasteiger partial charge in [0.15, 0.2) is 0 Å². The van der Waals surface area contributed by atoms with Gasteiger partial charge in [-0.1, -0.05) is 15.9 Å². The van der Waals surface area contributed by atoms with Gasteiger partial charge in [0.05, 0.1) is 16.7 Å². The summed E-state index contributed by atoms with van der Waals surface area (Å²) in [5.74, 6) is -0.829. The highest BCUT2D eigenvalue weighted by Crippen LogP contribution is 2.34. The van der Waals surface area contributed by atoms with Crippen molar-refractivity contribution in [1.82, 2.24) is 5.32 Å². The first-order valence-electron chi connectivity index (χ1n) is 6.09. The van der Waals surface area contributed by atoms with Gasteiger partial charge in [0.1, 0.15) is 0 Å². The fourth-order valence-electron chi connectivity index (χ4n) is 2.05. The molecule has 1 aromatic carbocycles. The molecule has 0 unspecified atom stereocenters. The normalized spacial score (nSPS) is 17.4. The Hall–Kier alpha value is -1.08. The highest BCUT2D eigenvalue weighted by Gasteiger charge is 2.37. The van der Waals surface area contributed by atoms with E-state index in [4.69, 9.17) is 0 Å². The lowest BCUT2D eigenvalue weighted by atomic mass is 9.80. The molecule has 1 amide bonds. The summed E-state index contributed by atoms with van der Waals surface area (Å²) in [6.45, 7) is -0.0286. The summed E-state index contributed by atoms with van der Waals surface area (Å²) in [6.07, 6.45) is -2.64. The Kier molecular flexibility index (Phi) is 4.11. The van der Waals surface area contributed by atoms with Gasteiger partial charge < -0.3 is 10.4 Å². The van der Waals surface area contributed by atoms with Crippen molar-refractivity contribution in [3.63, 3.8) is 0 Å². The number of hydrogen-bond donors (Lipinski definition) is 2. The number of amides is 1. The van der Waals surface area contributed by atoms with E-state index in [0.29, 0.717) is 12.8 Å². The predicted molar refractivity (Wildman–Crippen MR) is 70.3 cm³/mol. The zero-order chi connectivity index (χ0) is 15.0. The smallest absolute Gasteiger partial charge is 0.388 e. The summed E-state index contributed by atoms with van der Waals surface area (Å²) in [5.41, 5.74) is -2.41. The van der Waals surface area contributed by atoms with Crippen molar-refractivity contribution >= 4 is 21.8 Å². The van der Waals surface area contributed by atoms with Crippen LogP contribution in [-0.4, -0.2) is 23.2 Å². The monoisotopic (exact) mass is 351 g/mol. The van der Waals surface area contributed by atoms with E-state index in [1.165, 1.54) is 6.07 Å². The molecule has 0 bridgehead atoms. The van der Waals surface area contributed by atoms with Crippen molar-refractivity contribution in [3.05, 3.63) is 33.8 Å². The van der Waals surface area contributed by atoms with E-state index in [1.54, 1.807) is 0 Å². The summed E-state index contributed by atoms with van der Waals surface area (Å²) in [5, 5.41) is 12.2. The number of halogens is 4. The van der Waals surface area contributed by atoms with Gasteiger partial charge in [-0.15, -0.1) is 0 Å². The van der Waals surface area contributed by atoms with E-state index < -0.39 is 28.8 Å². The first-order chi connectivity index (χ1) is 9.21. The van der Waals surface area contributed by atoms with Crippen LogP contribution in [0.15, 0.2) is 22.7 Å². The fraction of sp³-hybridized carbons (Fsp3) is 0.462. The molecule has 1 fully saturated rings. The SMILES string of the molecule is O=C(NCC1(O)CCC1)c1ccc(Br)cc1C(F)(F)F. The first-order valence-corrected chi connectivity index (χ1v) is 6.88. The molecule has 7 heteroatoms. The van der Waals surface area contributed by atoms with Gasteiger partial charge >= 0.3 is 6.18 Å². The number of rotatable bonds is 3. The highest BCUT2D eigenvalue weighted by molar-refractivity contribution is 9.10. The molecule has 0 saturated heterocycles. The molecule has 1 saturated carbocycles. The van der Waals surface area contributed by atoms with Crippen LogP contribution >= 0.6 is 15.9 Å². The lowest BCUT2D eigenvalue weighted by Crippen LogP contribution is -2.48. The number of aliphatic hydroxyl groups is 1. The second-order valence-corrected chi connectivity index (χ2v) is 5.86. The van der Waals surface area contributed by atoms with Crippen molar-refractivity contribution in [2.24, 2.45) is 0 Å². The number of carbonyl (C=O) groups excluding carboxylic acids is 1. The van der Waals surface area contributed by atoms with Crippen LogP contribution in [0.3, 0.4) is 0 Å². The second kappa shape index (κ2) is 5.37.